The maximum Gasteiger partial charge on any atom is 0.269 e. The Bertz CT molecular complexity index is 1790. The number of piperidine rings is 1. The van der Waals surface area contributed by atoms with Gasteiger partial charge in [-0.05, 0) is 61.6 Å². The van der Waals surface area contributed by atoms with Gasteiger partial charge in [-0.3, -0.25) is 14.9 Å². The minimum atomic E-state index is -4.13. The molecule has 12 nitrogen and oxygen atoms in total. The lowest BCUT2D eigenvalue weighted by molar-refractivity contribution is -0.384. The maximum atomic E-state index is 14.0. The second kappa shape index (κ2) is 9.91. The van der Waals surface area contributed by atoms with Crippen LogP contribution in [-0.2, 0) is 26.7 Å². The highest BCUT2D eigenvalue weighted by Crippen LogP contribution is 2.66. The van der Waals surface area contributed by atoms with E-state index in [1.54, 1.807) is 37.3 Å². The van der Waals surface area contributed by atoms with E-state index in [9.17, 15) is 28.4 Å². The number of amides is 1. The van der Waals surface area contributed by atoms with Gasteiger partial charge in [0.15, 0.2) is 11.5 Å². The van der Waals surface area contributed by atoms with Crippen LogP contribution < -0.4 is 9.47 Å². The summed E-state index contributed by atoms with van der Waals surface area (Å²) in [5.74, 6) is 0.803. The average Bonchev–Trinajstić information content (AvgIpc) is 3.65. The first-order chi connectivity index (χ1) is 21.0. The van der Waals surface area contributed by atoms with Gasteiger partial charge in [0.2, 0.25) is 15.9 Å². The molecule has 3 aromatic rings. The van der Waals surface area contributed by atoms with Crippen LogP contribution in [0.1, 0.15) is 36.0 Å². The molecule has 44 heavy (non-hydrogen) atoms. The number of nitro benzene ring substituents is 1. The number of hydrogen-bond acceptors (Lipinski definition) is 9. The van der Waals surface area contributed by atoms with Crippen molar-refractivity contribution in [2.24, 2.45) is 0 Å². The molecule has 2 aromatic carbocycles. The molecule has 3 heterocycles. The Morgan fingerprint density at radius 2 is 1.98 bits per heavy atom. The van der Waals surface area contributed by atoms with E-state index in [0.29, 0.717) is 17.9 Å². The molecule has 4 aliphatic rings. The highest BCUT2D eigenvalue weighted by atomic mass is 32.2. The normalized spacial score (nSPS) is 28.8. The number of ether oxygens (including phenoxy) is 2. The molecular formula is C31H31N3O9S. The fourth-order valence-electron chi connectivity index (χ4n) is 8.01. The Balaban J connectivity index is 1.30. The minimum Gasteiger partial charge on any atom is -0.493 e. The highest BCUT2D eigenvalue weighted by molar-refractivity contribution is 7.89. The van der Waals surface area contributed by atoms with Crippen molar-refractivity contribution >= 4 is 27.7 Å². The lowest BCUT2D eigenvalue weighted by atomic mass is 9.48. The second-order valence-electron chi connectivity index (χ2n) is 11.8. The summed E-state index contributed by atoms with van der Waals surface area (Å²) in [4.78, 5) is 25.5. The third-order valence-electron chi connectivity index (χ3n) is 10.0. The summed E-state index contributed by atoms with van der Waals surface area (Å²) in [5.41, 5.74) is -0.290. The minimum absolute atomic E-state index is 0.0773. The van der Waals surface area contributed by atoms with E-state index in [2.05, 4.69) is 0 Å². The summed E-state index contributed by atoms with van der Waals surface area (Å²) < 4.78 is 46.9. The first-order valence-electron chi connectivity index (χ1n) is 14.4. The summed E-state index contributed by atoms with van der Waals surface area (Å²) in [6.07, 6.45) is 6.64. The summed E-state index contributed by atoms with van der Waals surface area (Å²) in [5, 5.41) is 24.0. The number of sulfonamides is 1. The Kier molecular flexibility index (Phi) is 6.43. The predicted octanol–water partition coefficient (Wildman–Crippen LogP) is 3.28. The summed E-state index contributed by atoms with van der Waals surface area (Å²) in [7, 11) is -0.869. The summed E-state index contributed by atoms with van der Waals surface area (Å²) >= 11 is 0. The van der Waals surface area contributed by atoms with Crippen LogP contribution in [0.2, 0.25) is 0 Å². The molecule has 13 heteroatoms. The molecule has 5 atom stereocenters. The van der Waals surface area contributed by atoms with Gasteiger partial charge in [-0.2, -0.15) is 4.31 Å². The smallest absolute Gasteiger partial charge is 0.269 e. The number of furan rings is 1. The van der Waals surface area contributed by atoms with Crippen LogP contribution in [0.25, 0.3) is 6.08 Å². The van der Waals surface area contributed by atoms with Crippen LogP contribution >= 0.6 is 0 Å². The molecule has 7 rings (SSSR count). The highest BCUT2D eigenvalue weighted by Gasteiger charge is 2.74. The van der Waals surface area contributed by atoms with Gasteiger partial charge in [-0.25, -0.2) is 8.42 Å². The van der Waals surface area contributed by atoms with Crippen molar-refractivity contribution in [2.45, 2.75) is 59.8 Å². The number of benzene rings is 2. The molecule has 2 fully saturated rings. The number of carbonyl (C=O) groups excluding carboxylic acids is 1. The van der Waals surface area contributed by atoms with Gasteiger partial charge in [0.25, 0.3) is 5.69 Å². The van der Waals surface area contributed by atoms with E-state index in [1.807, 2.05) is 6.07 Å². The van der Waals surface area contributed by atoms with Gasteiger partial charge in [0, 0.05) is 42.9 Å². The third kappa shape index (κ3) is 3.82. The first kappa shape index (κ1) is 28.6. The molecule has 2 aliphatic heterocycles. The van der Waals surface area contributed by atoms with Crippen molar-refractivity contribution in [3.8, 4) is 11.5 Å². The number of nitro groups is 1. The Labute approximate surface area is 253 Å². The zero-order chi connectivity index (χ0) is 31.0. The van der Waals surface area contributed by atoms with Crippen LogP contribution in [0.5, 0.6) is 11.5 Å². The molecular weight excluding hydrogens is 590 g/mol. The Hall–Kier alpha value is -4.20. The molecule has 1 amide bonds. The van der Waals surface area contributed by atoms with Gasteiger partial charge >= 0.3 is 0 Å². The van der Waals surface area contributed by atoms with Crippen LogP contribution in [-0.4, -0.2) is 78.1 Å². The van der Waals surface area contributed by atoms with E-state index in [-0.39, 0.29) is 42.3 Å². The van der Waals surface area contributed by atoms with Crippen molar-refractivity contribution in [1.82, 2.24) is 9.21 Å². The van der Waals surface area contributed by atoms with Gasteiger partial charge in [-0.1, -0.05) is 6.07 Å². The topological polar surface area (TPSA) is 153 Å². The van der Waals surface area contributed by atoms with Gasteiger partial charge in [-0.15, -0.1) is 0 Å². The van der Waals surface area contributed by atoms with Crippen LogP contribution in [0.4, 0.5) is 5.69 Å². The number of likely N-dealkylation sites (N-methyl/N-ethyl adjacent to an activating group) is 1. The molecule has 1 aromatic heterocycles. The van der Waals surface area contributed by atoms with E-state index in [4.69, 9.17) is 13.9 Å². The van der Waals surface area contributed by atoms with Gasteiger partial charge in [0.1, 0.15) is 6.10 Å². The molecule has 2 aliphatic carbocycles. The molecule has 0 radical (unpaired) electrons. The lowest BCUT2D eigenvalue weighted by Crippen LogP contribution is -2.78. The molecule has 1 saturated heterocycles. The number of hydrogen-bond donors (Lipinski definition) is 1. The molecule has 1 spiro atoms. The van der Waals surface area contributed by atoms with Crippen LogP contribution in [0.3, 0.4) is 0 Å². The Morgan fingerprint density at radius 3 is 2.66 bits per heavy atom. The zero-order valence-corrected chi connectivity index (χ0v) is 24.9. The standard InChI is InChI=1S/C31H31N3O9S/c1-32(26(35)10-3-19-12-16-42-18-19)23-11-13-31(36)25-17-20-4-9-24(41-2)28-27(20)30(31,29(23)43-28)14-15-33(25)44(39,40)22-7-5-21(6-8-22)34(37)38/h3-10,12,16,18,23,25,29,36H,11,13-15,17H2,1-2H3/b10-3-/t23-,25-,29+,30+,31-/m1/s1. The number of methoxy groups -OCH3 is 1. The number of rotatable bonds is 7. The average molecular weight is 622 g/mol. The number of carbonyl (C=O) groups is 1. The van der Waals surface area contributed by atoms with Gasteiger partial charge in [0.05, 0.1) is 52.6 Å². The van der Waals surface area contributed by atoms with E-state index in [1.165, 1.54) is 47.2 Å². The monoisotopic (exact) mass is 621 g/mol. The van der Waals surface area contributed by atoms with E-state index < -0.39 is 44.2 Å². The number of aliphatic hydroxyl groups is 1. The fraction of sp³-hybridized carbons (Fsp3) is 0.387. The number of nitrogens with zero attached hydrogens (tertiary/aromatic N) is 3. The van der Waals surface area contributed by atoms with Crippen molar-refractivity contribution in [1.29, 1.82) is 0 Å². The molecule has 230 valence electrons. The maximum absolute atomic E-state index is 14.0. The quantitative estimate of drug-likeness (QED) is 0.238. The predicted molar refractivity (Wildman–Crippen MR) is 157 cm³/mol. The summed E-state index contributed by atoms with van der Waals surface area (Å²) in [6.45, 7) is 0.0903. The van der Waals surface area contributed by atoms with Crippen molar-refractivity contribution in [3.05, 3.63) is 87.9 Å². The number of non-ortho nitro benzene ring substituents is 1. The van der Waals surface area contributed by atoms with Crippen molar-refractivity contribution in [2.75, 3.05) is 20.7 Å². The molecule has 1 N–H and O–H groups in total. The largest absolute Gasteiger partial charge is 0.493 e. The second-order valence-corrected chi connectivity index (χ2v) is 13.7. The fourth-order valence-corrected chi connectivity index (χ4v) is 9.67. The van der Waals surface area contributed by atoms with E-state index >= 15 is 0 Å². The molecule has 0 unspecified atom stereocenters. The van der Waals surface area contributed by atoms with Crippen LogP contribution in [0, 0.1) is 10.1 Å². The Morgan fingerprint density at radius 1 is 1.20 bits per heavy atom. The van der Waals surface area contributed by atoms with Crippen LogP contribution in [0.15, 0.2) is 70.4 Å². The SMILES string of the molecule is COc1ccc2c3c1O[C@H]1[C@H](N(C)C(=O)/C=C\c4ccoc4)CC[C@@]4(O)[C@@H](C2)N(S(=O)(=O)c2ccc([N+](=O)[O-])cc2)CC[C@]314. The molecule has 1 saturated carbocycles. The van der Waals surface area contributed by atoms with Crippen molar-refractivity contribution in [3.63, 3.8) is 0 Å². The van der Waals surface area contributed by atoms with Gasteiger partial charge < -0.3 is 23.9 Å². The van der Waals surface area contributed by atoms with Crippen molar-refractivity contribution < 1.29 is 37.1 Å². The van der Waals surface area contributed by atoms with E-state index in [0.717, 1.165) is 16.7 Å². The first-order valence-corrected chi connectivity index (χ1v) is 15.8. The summed E-state index contributed by atoms with van der Waals surface area (Å²) in [6, 6.07) is 8.99. The molecule has 2 bridgehead atoms. The lowest BCUT2D eigenvalue weighted by Gasteiger charge is -2.64. The third-order valence-corrected chi connectivity index (χ3v) is 12.0. The zero-order valence-electron chi connectivity index (χ0n) is 24.1.